The first-order valence-corrected chi connectivity index (χ1v) is 7.75. The van der Waals surface area contributed by atoms with Gasteiger partial charge in [0.05, 0.1) is 12.7 Å². The van der Waals surface area contributed by atoms with Gasteiger partial charge in [0.1, 0.15) is 17.3 Å². The summed E-state index contributed by atoms with van der Waals surface area (Å²) in [6.07, 6.45) is -0.678. The van der Waals surface area contributed by atoms with Gasteiger partial charge in [-0.2, -0.15) is 0 Å². The molecule has 0 spiro atoms. The molecule has 0 aromatic carbocycles. The van der Waals surface area contributed by atoms with Crippen molar-refractivity contribution < 1.29 is 34.0 Å². The Balaban J connectivity index is 3.04. The maximum atomic E-state index is 11.4. The number of esters is 2. The van der Waals surface area contributed by atoms with E-state index in [1.54, 1.807) is 13.8 Å². The van der Waals surface area contributed by atoms with Crippen LogP contribution in [0.4, 0.5) is 0 Å². The zero-order valence-corrected chi connectivity index (χ0v) is 14.7. The van der Waals surface area contributed by atoms with Crippen molar-refractivity contribution in [3.63, 3.8) is 0 Å². The summed E-state index contributed by atoms with van der Waals surface area (Å²) in [5, 5.41) is 21.2. The molecule has 7 nitrogen and oxygen atoms in total. The number of hydrogen-bond donors (Lipinski definition) is 2. The summed E-state index contributed by atoms with van der Waals surface area (Å²) in [5.74, 6) is -1.18. The summed E-state index contributed by atoms with van der Waals surface area (Å²) in [4.78, 5) is 22.8. The molecule has 0 radical (unpaired) electrons. The standard InChI is InChI=1S/C17H26O7/c1-7-22-13(19)9-8-10(2)14(20)17(6)15(23-12(4)18)16(5,21)11(3)24-17/h8-9,11,14-15,20-21H,2,7H2,1,3-6H3/b9-8+. The van der Waals surface area contributed by atoms with E-state index < -0.39 is 41.5 Å². The van der Waals surface area contributed by atoms with Gasteiger partial charge >= 0.3 is 11.9 Å². The quantitative estimate of drug-likeness (QED) is 0.420. The van der Waals surface area contributed by atoms with Crippen molar-refractivity contribution in [3.8, 4) is 0 Å². The van der Waals surface area contributed by atoms with Gasteiger partial charge in [0, 0.05) is 13.0 Å². The predicted molar refractivity (Wildman–Crippen MR) is 86.0 cm³/mol. The van der Waals surface area contributed by atoms with E-state index in [1.165, 1.54) is 26.8 Å². The van der Waals surface area contributed by atoms with Gasteiger partial charge in [0.2, 0.25) is 0 Å². The Morgan fingerprint density at radius 1 is 1.38 bits per heavy atom. The first-order valence-electron chi connectivity index (χ1n) is 7.75. The number of aliphatic hydroxyl groups excluding tert-OH is 1. The summed E-state index contributed by atoms with van der Waals surface area (Å²) in [6, 6.07) is 0. The Kier molecular flexibility index (Phi) is 6.32. The molecule has 0 aromatic rings. The SMILES string of the molecule is C=C(/C=C/C(=O)OCC)C(O)C1(C)OC(C)C(C)(O)C1OC(C)=O. The van der Waals surface area contributed by atoms with Crippen LogP contribution in [0, 0.1) is 0 Å². The van der Waals surface area contributed by atoms with Crippen LogP contribution in [0.15, 0.2) is 24.3 Å². The van der Waals surface area contributed by atoms with Gasteiger partial charge in [-0.05, 0) is 39.3 Å². The van der Waals surface area contributed by atoms with Gasteiger partial charge in [-0.1, -0.05) is 6.58 Å². The molecule has 1 aliphatic heterocycles. The maximum absolute atomic E-state index is 11.4. The molecular formula is C17H26O7. The van der Waals surface area contributed by atoms with E-state index in [4.69, 9.17) is 14.2 Å². The summed E-state index contributed by atoms with van der Waals surface area (Å²) in [7, 11) is 0. The smallest absolute Gasteiger partial charge is 0.330 e. The summed E-state index contributed by atoms with van der Waals surface area (Å²) >= 11 is 0. The molecule has 1 fully saturated rings. The van der Waals surface area contributed by atoms with Crippen molar-refractivity contribution in [2.24, 2.45) is 0 Å². The van der Waals surface area contributed by atoms with E-state index in [0.717, 1.165) is 6.08 Å². The topological polar surface area (TPSA) is 102 Å². The Morgan fingerprint density at radius 2 is 1.96 bits per heavy atom. The van der Waals surface area contributed by atoms with E-state index in [-0.39, 0.29) is 12.2 Å². The van der Waals surface area contributed by atoms with Crippen LogP contribution in [0.2, 0.25) is 0 Å². The fourth-order valence-electron chi connectivity index (χ4n) is 2.79. The van der Waals surface area contributed by atoms with Gasteiger partial charge in [0.25, 0.3) is 0 Å². The van der Waals surface area contributed by atoms with Crippen LogP contribution < -0.4 is 0 Å². The highest BCUT2D eigenvalue weighted by Gasteiger charge is 2.62. The van der Waals surface area contributed by atoms with Crippen molar-refractivity contribution in [3.05, 3.63) is 24.3 Å². The highest BCUT2D eigenvalue weighted by molar-refractivity contribution is 5.82. The lowest BCUT2D eigenvalue weighted by atomic mass is 9.81. The number of ether oxygens (including phenoxy) is 3. The van der Waals surface area contributed by atoms with Gasteiger partial charge in [-0.15, -0.1) is 0 Å². The largest absolute Gasteiger partial charge is 0.463 e. The van der Waals surface area contributed by atoms with Crippen molar-refractivity contribution in [2.75, 3.05) is 6.61 Å². The molecule has 2 N–H and O–H groups in total. The van der Waals surface area contributed by atoms with Gasteiger partial charge in [-0.25, -0.2) is 4.79 Å². The number of rotatable bonds is 6. The molecule has 5 unspecified atom stereocenters. The van der Waals surface area contributed by atoms with Crippen LogP contribution in [0.25, 0.3) is 0 Å². The van der Waals surface area contributed by atoms with Gasteiger partial charge in [-0.3, -0.25) is 4.79 Å². The number of carbonyl (C=O) groups is 2. The van der Waals surface area contributed by atoms with Gasteiger partial charge < -0.3 is 24.4 Å². The van der Waals surface area contributed by atoms with Crippen molar-refractivity contribution in [2.45, 2.75) is 64.1 Å². The Morgan fingerprint density at radius 3 is 2.46 bits per heavy atom. The molecule has 5 atom stereocenters. The Labute approximate surface area is 141 Å². The van der Waals surface area contributed by atoms with E-state index >= 15 is 0 Å². The minimum atomic E-state index is -1.49. The third-order valence-corrected chi connectivity index (χ3v) is 4.20. The Bertz CT molecular complexity index is 537. The number of carbonyl (C=O) groups excluding carboxylic acids is 2. The minimum Gasteiger partial charge on any atom is -0.463 e. The van der Waals surface area contributed by atoms with Gasteiger partial charge in [0.15, 0.2) is 6.10 Å². The summed E-state index contributed by atoms with van der Waals surface area (Å²) in [5.41, 5.74) is -2.76. The molecule has 136 valence electrons. The molecule has 0 aromatic heterocycles. The lowest BCUT2D eigenvalue weighted by Crippen LogP contribution is -2.56. The first kappa shape index (κ1) is 20.3. The number of hydrogen-bond acceptors (Lipinski definition) is 7. The van der Waals surface area contributed by atoms with Crippen LogP contribution in [0.1, 0.15) is 34.6 Å². The van der Waals surface area contributed by atoms with E-state index in [0.29, 0.717) is 0 Å². The monoisotopic (exact) mass is 342 g/mol. The van der Waals surface area contributed by atoms with Crippen molar-refractivity contribution in [1.29, 1.82) is 0 Å². The summed E-state index contributed by atoms with van der Waals surface area (Å²) < 4.78 is 15.7. The fourth-order valence-corrected chi connectivity index (χ4v) is 2.79. The molecule has 0 amide bonds. The fraction of sp³-hybridized carbons (Fsp3) is 0.647. The molecule has 0 aliphatic carbocycles. The average molecular weight is 342 g/mol. The molecular weight excluding hydrogens is 316 g/mol. The lowest BCUT2D eigenvalue weighted by molar-refractivity contribution is -0.174. The van der Waals surface area contributed by atoms with E-state index in [9.17, 15) is 19.8 Å². The third-order valence-electron chi connectivity index (χ3n) is 4.20. The molecule has 24 heavy (non-hydrogen) atoms. The molecule has 0 saturated carbocycles. The van der Waals surface area contributed by atoms with Crippen LogP contribution >= 0.6 is 0 Å². The Hall–Kier alpha value is -1.70. The molecule has 7 heteroatoms. The number of aliphatic hydroxyl groups is 2. The average Bonchev–Trinajstić information content (AvgIpc) is 2.65. The molecule has 1 saturated heterocycles. The highest BCUT2D eigenvalue weighted by atomic mass is 16.6. The molecule has 1 heterocycles. The predicted octanol–water partition coefficient (Wildman–Crippen LogP) is 0.883. The van der Waals surface area contributed by atoms with Crippen LogP contribution in [-0.4, -0.2) is 58.3 Å². The summed E-state index contributed by atoms with van der Waals surface area (Å²) in [6.45, 7) is 11.4. The molecule has 0 bridgehead atoms. The van der Waals surface area contributed by atoms with E-state index in [2.05, 4.69) is 6.58 Å². The van der Waals surface area contributed by atoms with Crippen LogP contribution in [-0.2, 0) is 23.8 Å². The third kappa shape index (κ3) is 4.03. The second kappa shape index (κ2) is 7.46. The zero-order chi connectivity index (χ0) is 18.7. The minimum absolute atomic E-state index is 0.160. The second-order valence-corrected chi connectivity index (χ2v) is 6.22. The normalized spacial score (nSPS) is 34.1. The van der Waals surface area contributed by atoms with E-state index in [1.807, 2.05) is 0 Å². The first-order chi connectivity index (χ1) is 11.0. The van der Waals surface area contributed by atoms with Crippen LogP contribution in [0.5, 0.6) is 0 Å². The molecule has 1 rings (SSSR count). The zero-order valence-electron chi connectivity index (χ0n) is 14.7. The van der Waals surface area contributed by atoms with Crippen molar-refractivity contribution in [1.82, 2.24) is 0 Å². The van der Waals surface area contributed by atoms with Crippen molar-refractivity contribution >= 4 is 11.9 Å². The molecule has 1 aliphatic rings. The lowest BCUT2D eigenvalue weighted by Gasteiger charge is -2.37. The second-order valence-electron chi connectivity index (χ2n) is 6.22. The highest BCUT2D eigenvalue weighted by Crippen LogP contribution is 2.43. The van der Waals surface area contributed by atoms with Crippen LogP contribution in [0.3, 0.4) is 0 Å². The maximum Gasteiger partial charge on any atom is 0.330 e.